The number of carbonyl (C=O) groups is 2. The Morgan fingerprint density at radius 3 is 2.52 bits per heavy atom. The number of aliphatic hydroxyl groups is 1. The van der Waals surface area contributed by atoms with E-state index in [0.29, 0.717) is 35.2 Å². The number of rotatable bonds is 8. The Hall–Kier alpha value is -1.34. The van der Waals surface area contributed by atoms with Crippen molar-refractivity contribution in [2.24, 2.45) is 11.8 Å². The van der Waals surface area contributed by atoms with Gasteiger partial charge in [-0.25, -0.2) is 0 Å². The fourth-order valence-corrected chi connectivity index (χ4v) is 3.40. The number of amides is 1. The summed E-state index contributed by atoms with van der Waals surface area (Å²) in [6.45, 7) is 1.16. The van der Waals surface area contributed by atoms with Crippen molar-refractivity contribution >= 4 is 35.1 Å². The number of ether oxygens (including phenoxy) is 1. The van der Waals surface area contributed by atoms with E-state index in [9.17, 15) is 19.8 Å². The predicted octanol–water partition coefficient (Wildman–Crippen LogP) is 2.14. The Morgan fingerprint density at radius 2 is 1.96 bits per heavy atom. The Bertz CT molecular complexity index is 599. The molecule has 1 aromatic carbocycles. The molecule has 0 aliphatic carbocycles. The lowest BCUT2D eigenvalue weighted by Gasteiger charge is -2.18. The number of carbonyl (C=O) groups excluding carboxylic acids is 1. The van der Waals surface area contributed by atoms with Crippen LogP contribution in [0, 0.1) is 11.8 Å². The van der Waals surface area contributed by atoms with E-state index >= 15 is 0 Å². The zero-order chi connectivity index (χ0) is 18.4. The molecule has 3 unspecified atom stereocenters. The van der Waals surface area contributed by atoms with Crippen LogP contribution in [0.3, 0.4) is 0 Å². The van der Waals surface area contributed by atoms with Gasteiger partial charge >= 0.3 is 5.97 Å². The van der Waals surface area contributed by atoms with Crippen LogP contribution in [0.4, 0.5) is 0 Å². The second kappa shape index (κ2) is 9.38. The normalized spacial score (nSPS) is 19.4. The van der Waals surface area contributed by atoms with Crippen LogP contribution < -0.4 is 5.32 Å². The van der Waals surface area contributed by atoms with E-state index in [1.165, 1.54) is 0 Å². The Labute approximate surface area is 156 Å². The Kier molecular flexibility index (Phi) is 7.50. The molecule has 138 valence electrons. The number of hydrogen-bond donors (Lipinski definition) is 3. The van der Waals surface area contributed by atoms with Gasteiger partial charge in [0.2, 0.25) is 5.91 Å². The largest absolute Gasteiger partial charge is 0.481 e. The highest BCUT2D eigenvalue weighted by Crippen LogP contribution is 2.22. The van der Waals surface area contributed by atoms with Crippen molar-refractivity contribution in [1.82, 2.24) is 5.32 Å². The van der Waals surface area contributed by atoms with Gasteiger partial charge in [0.1, 0.15) is 6.10 Å². The third kappa shape index (κ3) is 6.47. The molecule has 1 heterocycles. The van der Waals surface area contributed by atoms with E-state index in [0.717, 1.165) is 6.42 Å². The molecule has 1 aliphatic heterocycles. The second-order valence-corrected chi connectivity index (χ2v) is 7.12. The number of halogens is 2. The van der Waals surface area contributed by atoms with Gasteiger partial charge in [0.25, 0.3) is 0 Å². The third-order valence-electron chi connectivity index (χ3n) is 4.17. The first kappa shape index (κ1) is 20.0. The molecule has 3 N–H and O–H groups in total. The van der Waals surface area contributed by atoms with Crippen LogP contribution >= 0.6 is 23.2 Å². The van der Waals surface area contributed by atoms with Crippen molar-refractivity contribution in [1.29, 1.82) is 0 Å². The van der Waals surface area contributed by atoms with Crippen LogP contribution in [0.25, 0.3) is 0 Å². The lowest BCUT2D eigenvalue weighted by atomic mass is 9.94. The smallest absolute Gasteiger partial charge is 0.308 e. The molecule has 8 heteroatoms. The topological polar surface area (TPSA) is 95.9 Å². The van der Waals surface area contributed by atoms with Gasteiger partial charge in [-0.05, 0) is 42.5 Å². The average molecular weight is 390 g/mol. The molecule has 0 radical (unpaired) electrons. The summed E-state index contributed by atoms with van der Waals surface area (Å²) in [7, 11) is 0. The number of carboxylic acids is 1. The summed E-state index contributed by atoms with van der Waals surface area (Å²) in [6, 6.07) is 4.79. The second-order valence-electron chi connectivity index (χ2n) is 6.24. The van der Waals surface area contributed by atoms with Gasteiger partial charge in [-0.3, -0.25) is 9.59 Å². The summed E-state index contributed by atoms with van der Waals surface area (Å²) >= 11 is 11.8. The summed E-state index contributed by atoms with van der Waals surface area (Å²) in [5.41, 5.74) is 0.623. The van der Waals surface area contributed by atoms with E-state index in [4.69, 9.17) is 27.9 Å². The average Bonchev–Trinajstić information content (AvgIpc) is 3.02. The highest BCUT2D eigenvalue weighted by molar-refractivity contribution is 6.34. The van der Waals surface area contributed by atoms with Crippen molar-refractivity contribution in [3.8, 4) is 0 Å². The predicted molar refractivity (Wildman–Crippen MR) is 93.9 cm³/mol. The fourth-order valence-electron chi connectivity index (χ4n) is 2.83. The van der Waals surface area contributed by atoms with Crippen molar-refractivity contribution in [3.05, 3.63) is 33.8 Å². The minimum absolute atomic E-state index is 0.0297. The van der Waals surface area contributed by atoms with Crippen LogP contribution in [0.5, 0.6) is 0 Å². The van der Waals surface area contributed by atoms with E-state index in [2.05, 4.69) is 5.32 Å². The zero-order valence-electron chi connectivity index (χ0n) is 13.6. The molecule has 0 bridgehead atoms. The number of aliphatic carboxylic acids is 1. The first-order valence-corrected chi connectivity index (χ1v) is 8.82. The summed E-state index contributed by atoms with van der Waals surface area (Å²) in [5.74, 6) is -2.10. The highest BCUT2D eigenvalue weighted by Gasteiger charge is 2.26. The van der Waals surface area contributed by atoms with E-state index < -0.39 is 23.9 Å². The quantitative estimate of drug-likeness (QED) is 0.632. The van der Waals surface area contributed by atoms with Gasteiger partial charge in [0, 0.05) is 36.2 Å². The maximum Gasteiger partial charge on any atom is 0.308 e. The molecule has 1 aliphatic rings. The summed E-state index contributed by atoms with van der Waals surface area (Å²) in [5, 5.41) is 22.7. The van der Waals surface area contributed by atoms with Crippen LogP contribution in [-0.2, 0) is 20.7 Å². The molecule has 25 heavy (non-hydrogen) atoms. The molecular formula is C17H21Cl2NO5. The van der Waals surface area contributed by atoms with Crippen LogP contribution in [-0.4, -0.2) is 48.0 Å². The number of hydrogen-bond acceptors (Lipinski definition) is 4. The minimum Gasteiger partial charge on any atom is -0.481 e. The van der Waals surface area contributed by atoms with Crippen LogP contribution in [0.15, 0.2) is 18.2 Å². The van der Waals surface area contributed by atoms with Gasteiger partial charge in [-0.15, -0.1) is 0 Å². The molecule has 1 saturated heterocycles. The number of carboxylic acid groups (broad SMARTS) is 1. The number of benzene rings is 1. The molecule has 3 atom stereocenters. The first-order chi connectivity index (χ1) is 11.8. The molecule has 0 aromatic heterocycles. The zero-order valence-corrected chi connectivity index (χ0v) is 15.1. The first-order valence-electron chi connectivity index (χ1n) is 8.06. The molecule has 2 rings (SSSR count). The maximum absolute atomic E-state index is 12.0. The van der Waals surface area contributed by atoms with Crippen molar-refractivity contribution in [3.63, 3.8) is 0 Å². The standard InChI is InChI=1S/C17H21Cl2NO5/c18-13-4-11(5-14(19)7-13)6-15(21)16(22)20-8-12(17(23)24)3-10-1-2-25-9-10/h4-5,7,10,12,15,21H,1-3,6,8-9H2,(H,20,22)(H,23,24). The summed E-state index contributed by atoms with van der Waals surface area (Å²) in [6.07, 6.45) is 0.00464. The Balaban J connectivity index is 1.85. The Morgan fingerprint density at radius 1 is 1.28 bits per heavy atom. The molecule has 1 amide bonds. The maximum atomic E-state index is 12.0. The van der Waals surface area contributed by atoms with Gasteiger partial charge in [-0.2, -0.15) is 0 Å². The van der Waals surface area contributed by atoms with Crippen molar-refractivity contribution in [2.45, 2.75) is 25.4 Å². The highest BCUT2D eigenvalue weighted by atomic mass is 35.5. The molecule has 0 spiro atoms. The summed E-state index contributed by atoms with van der Waals surface area (Å²) in [4.78, 5) is 23.4. The molecule has 1 fully saturated rings. The third-order valence-corrected chi connectivity index (χ3v) is 4.60. The monoisotopic (exact) mass is 389 g/mol. The van der Waals surface area contributed by atoms with E-state index in [1.54, 1.807) is 18.2 Å². The number of nitrogens with one attached hydrogen (secondary N) is 1. The van der Waals surface area contributed by atoms with Crippen LogP contribution in [0.1, 0.15) is 18.4 Å². The lowest BCUT2D eigenvalue weighted by Crippen LogP contribution is -2.40. The lowest BCUT2D eigenvalue weighted by molar-refractivity contribution is -0.142. The summed E-state index contributed by atoms with van der Waals surface area (Å²) < 4.78 is 5.25. The van der Waals surface area contributed by atoms with Crippen molar-refractivity contribution in [2.75, 3.05) is 19.8 Å². The molecule has 6 nitrogen and oxygen atoms in total. The van der Waals surface area contributed by atoms with Gasteiger partial charge < -0.3 is 20.3 Å². The van der Waals surface area contributed by atoms with Crippen LogP contribution in [0.2, 0.25) is 10.0 Å². The van der Waals surface area contributed by atoms with Crippen molar-refractivity contribution < 1.29 is 24.5 Å². The fraction of sp³-hybridized carbons (Fsp3) is 0.529. The van der Waals surface area contributed by atoms with E-state index in [-0.39, 0.29) is 18.9 Å². The molecule has 1 aromatic rings. The molecular weight excluding hydrogens is 369 g/mol. The molecule has 0 saturated carbocycles. The number of aliphatic hydroxyl groups excluding tert-OH is 1. The van der Waals surface area contributed by atoms with E-state index in [1.807, 2.05) is 0 Å². The van der Waals surface area contributed by atoms with Gasteiger partial charge in [-0.1, -0.05) is 23.2 Å². The van der Waals surface area contributed by atoms with Gasteiger partial charge in [0.15, 0.2) is 0 Å². The SMILES string of the molecule is O=C(NCC(CC1CCOC1)C(=O)O)C(O)Cc1cc(Cl)cc(Cl)c1. The minimum atomic E-state index is -1.31. The van der Waals surface area contributed by atoms with Gasteiger partial charge in [0.05, 0.1) is 5.92 Å².